The molecular formula is C27H42O4. The van der Waals surface area contributed by atoms with E-state index in [1.165, 1.54) is 12.8 Å². The third-order valence-electron chi connectivity index (χ3n) is 11.8. The average molecular weight is 431 g/mol. The van der Waals surface area contributed by atoms with Crippen molar-refractivity contribution in [2.45, 2.75) is 103 Å². The molecule has 31 heavy (non-hydrogen) atoms. The van der Waals surface area contributed by atoms with Gasteiger partial charge in [-0.15, -0.1) is 0 Å². The molecule has 6 aliphatic rings. The minimum absolute atomic E-state index is 0.131. The smallest absolute Gasteiger partial charge is 0.171 e. The number of hydrogen-bond acceptors (Lipinski definition) is 4. The largest absolute Gasteiger partial charge is 0.393 e. The van der Waals surface area contributed by atoms with Crippen molar-refractivity contribution in [1.29, 1.82) is 0 Å². The molecule has 4 saturated carbocycles. The van der Waals surface area contributed by atoms with Crippen LogP contribution in [0.4, 0.5) is 0 Å². The first-order chi connectivity index (χ1) is 14.7. The highest BCUT2D eigenvalue weighted by atomic mass is 16.7. The number of ether oxygens (including phenoxy) is 2. The van der Waals surface area contributed by atoms with Gasteiger partial charge < -0.3 is 14.6 Å². The molecular weight excluding hydrogens is 388 g/mol. The van der Waals surface area contributed by atoms with E-state index < -0.39 is 5.79 Å². The number of ketones is 1. The van der Waals surface area contributed by atoms with Gasteiger partial charge >= 0.3 is 0 Å². The van der Waals surface area contributed by atoms with E-state index in [0.29, 0.717) is 41.3 Å². The summed E-state index contributed by atoms with van der Waals surface area (Å²) in [7, 11) is 0. The van der Waals surface area contributed by atoms with Gasteiger partial charge in [0.05, 0.1) is 18.8 Å². The lowest BCUT2D eigenvalue weighted by molar-refractivity contribution is -0.272. The number of fused-ring (bicyclic) bond motifs is 7. The summed E-state index contributed by atoms with van der Waals surface area (Å²) < 4.78 is 13.2. The van der Waals surface area contributed by atoms with Crippen molar-refractivity contribution in [2.24, 2.45) is 52.3 Å². The van der Waals surface area contributed by atoms with Crippen LogP contribution in [-0.4, -0.2) is 35.5 Å². The maximum Gasteiger partial charge on any atom is 0.171 e. The van der Waals surface area contributed by atoms with Gasteiger partial charge in [0.1, 0.15) is 5.78 Å². The molecule has 0 unspecified atom stereocenters. The molecule has 0 bridgehead atoms. The number of carbonyl (C=O) groups is 1. The number of aliphatic hydroxyl groups is 1. The molecule has 2 heterocycles. The van der Waals surface area contributed by atoms with Crippen molar-refractivity contribution in [3.8, 4) is 0 Å². The Bertz CT molecular complexity index is 756. The molecule has 4 aliphatic carbocycles. The number of carbonyl (C=O) groups excluding carboxylic acids is 1. The van der Waals surface area contributed by atoms with Crippen LogP contribution in [0.2, 0.25) is 0 Å². The zero-order valence-electron chi connectivity index (χ0n) is 19.9. The van der Waals surface area contributed by atoms with E-state index >= 15 is 0 Å². The van der Waals surface area contributed by atoms with Crippen LogP contribution in [0.15, 0.2) is 0 Å². The van der Waals surface area contributed by atoms with Crippen molar-refractivity contribution in [1.82, 2.24) is 0 Å². The van der Waals surface area contributed by atoms with Gasteiger partial charge in [0.2, 0.25) is 0 Å². The van der Waals surface area contributed by atoms with Crippen molar-refractivity contribution < 1.29 is 19.4 Å². The lowest BCUT2D eigenvalue weighted by Gasteiger charge is -2.60. The van der Waals surface area contributed by atoms with Crippen LogP contribution in [0, 0.1) is 52.3 Å². The van der Waals surface area contributed by atoms with E-state index in [4.69, 9.17) is 9.47 Å². The molecule has 12 atom stereocenters. The second-order valence-electron chi connectivity index (χ2n) is 13.0. The van der Waals surface area contributed by atoms with Gasteiger partial charge in [0, 0.05) is 30.1 Å². The second-order valence-corrected chi connectivity index (χ2v) is 13.0. The third-order valence-corrected chi connectivity index (χ3v) is 11.8. The monoisotopic (exact) mass is 430 g/mol. The topological polar surface area (TPSA) is 55.8 Å². The van der Waals surface area contributed by atoms with Crippen LogP contribution in [0.25, 0.3) is 0 Å². The fraction of sp³-hybridized carbons (Fsp3) is 0.963. The Kier molecular flexibility index (Phi) is 4.62. The van der Waals surface area contributed by atoms with Crippen LogP contribution in [-0.2, 0) is 14.3 Å². The molecule has 0 aromatic heterocycles. The molecule has 0 aromatic rings. The lowest BCUT2D eigenvalue weighted by Crippen LogP contribution is -2.58. The summed E-state index contributed by atoms with van der Waals surface area (Å²) in [5.74, 6) is 3.45. The average Bonchev–Trinajstić information content (AvgIpc) is 3.18. The summed E-state index contributed by atoms with van der Waals surface area (Å²) >= 11 is 0. The standard InChI is InChI=1S/C27H42O4/c1-15-7-10-27(30-14-15)16(2)24-22(31-27)12-21-19-6-5-17-11-18(28)8-9-25(17,3)20(19)13-23(29)26(21,24)4/h15-22,24,28H,5-14H2,1-4H3/t15-,16+,17-,18+,19-,20-,21+,22-,24+,25+,26-,27-/m1/s1. The van der Waals surface area contributed by atoms with Crippen LogP contribution in [0.1, 0.15) is 85.5 Å². The molecule has 6 rings (SSSR count). The third kappa shape index (κ3) is 2.68. The van der Waals surface area contributed by atoms with Crippen LogP contribution in [0.5, 0.6) is 0 Å². The minimum atomic E-state index is -0.448. The highest BCUT2D eigenvalue weighted by Gasteiger charge is 2.71. The summed E-state index contributed by atoms with van der Waals surface area (Å²) in [5.41, 5.74) is -0.0221. The van der Waals surface area contributed by atoms with Gasteiger partial charge in [-0.25, -0.2) is 0 Å². The highest BCUT2D eigenvalue weighted by Crippen LogP contribution is 2.70. The fourth-order valence-corrected chi connectivity index (χ4v) is 9.93. The molecule has 0 aromatic carbocycles. The van der Waals surface area contributed by atoms with Gasteiger partial charge in [-0.2, -0.15) is 0 Å². The Balaban J connectivity index is 1.30. The highest BCUT2D eigenvalue weighted by molar-refractivity contribution is 5.87. The SMILES string of the molecule is C[C@@H]1CC[C@@]2(OC1)O[C@@H]1C[C@H]3[C@@H]4CC[C@@H]5C[C@@H](O)CC[C@]5(C)[C@@H]4CC(=O)[C@]3(C)[C@H]1[C@@H]2C. The van der Waals surface area contributed by atoms with Crippen molar-refractivity contribution in [3.05, 3.63) is 0 Å². The molecule has 1 N–H and O–H groups in total. The summed E-state index contributed by atoms with van der Waals surface area (Å²) in [4.78, 5) is 14.0. The van der Waals surface area contributed by atoms with E-state index in [0.717, 1.165) is 51.6 Å². The molecule has 0 radical (unpaired) electrons. The zero-order chi connectivity index (χ0) is 21.8. The first-order valence-electron chi connectivity index (χ1n) is 13.2. The number of Topliss-reactive ketones (excluding diaryl/α,β-unsaturated/α-hetero) is 1. The predicted octanol–water partition coefficient (Wildman–Crippen LogP) is 4.97. The van der Waals surface area contributed by atoms with Crippen molar-refractivity contribution in [3.63, 3.8) is 0 Å². The Morgan fingerprint density at radius 3 is 2.55 bits per heavy atom. The molecule has 4 nitrogen and oxygen atoms in total. The van der Waals surface area contributed by atoms with Crippen molar-refractivity contribution >= 4 is 5.78 Å². The van der Waals surface area contributed by atoms with Gasteiger partial charge in [-0.05, 0) is 80.0 Å². The zero-order valence-corrected chi connectivity index (χ0v) is 19.9. The lowest BCUT2D eigenvalue weighted by atomic mass is 9.44. The summed E-state index contributed by atoms with van der Waals surface area (Å²) in [6, 6.07) is 0. The second kappa shape index (κ2) is 6.79. The molecule has 1 spiro atoms. The van der Waals surface area contributed by atoms with Crippen LogP contribution < -0.4 is 0 Å². The quantitative estimate of drug-likeness (QED) is 0.589. The molecule has 174 valence electrons. The van der Waals surface area contributed by atoms with Crippen molar-refractivity contribution in [2.75, 3.05) is 6.61 Å². The summed E-state index contributed by atoms with van der Waals surface area (Å²) in [6.45, 7) is 10.1. The Morgan fingerprint density at radius 2 is 1.81 bits per heavy atom. The first kappa shape index (κ1) is 21.1. The summed E-state index contributed by atoms with van der Waals surface area (Å²) in [6.07, 6.45) is 9.39. The van der Waals surface area contributed by atoms with Gasteiger partial charge in [-0.1, -0.05) is 27.7 Å². The van der Waals surface area contributed by atoms with Gasteiger partial charge in [-0.3, -0.25) is 4.79 Å². The molecule has 6 fully saturated rings. The van der Waals surface area contributed by atoms with E-state index in [1.807, 2.05) is 0 Å². The molecule has 2 aliphatic heterocycles. The van der Waals surface area contributed by atoms with E-state index in [2.05, 4.69) is 27.7 Å². The number of rotatable bonds is 0. The summed E-state index contributed by atoms with van der Waals surface area (Å²) in [5, 5.41) is 10.3. The molecule has 2 saturated heterocycles. The minimum Gasteiger partial charge on any atom is -0.393 e. The Hall–Kier alpha value is -0.450. The van der Waals surface area contributed by atoms with Gasteiger partial charge in [0.25, 0.3) is 0 Å². The molecule has 4 heteroatoms. The van der Waals surface area contributed by atoms with E-state index in [1.54, 1.807) is 0 Å². The van der Waals surface area contributed by atoms with E-state index in [9.17, 15) is 9.90 Å². The van der Waals surface area contributed by atoms with Crippen LogP contribution in [0.3, 0.4) is 0 Å². The number of aliphatic hydroxyl groups excluding tert-OH is 1. The van der Waals surface area contributed by atoms with Crippen LogP contribution >= 0.6 is 0 Å². The maximum atomic E-state index is 14.0. The Labute approximate surface area is 187 Å². The number of hydrogen-bond donors (Lipinski definition) is 1. The first-order valence-corrected chi connectivity index (χ1v) is 13.2. The van der Waals surface area contributed by atoms with Gasteiger partial charge in [0.15, 0.2) is 5.79 Å². The predicted molar refractivity (Wildman–Crippen MR) is 118 cm³/mol. The fourth-order valence-electron chi connectivity index (χ4n) is 9.93. The normalized spacial score (nSPS) is 60.9. The Morgan fingerprint density at radius 1 is 1.00 bits per heavy atom. The maximum absolute atomic E-state index is 14.0. The molecule has 0 amide bonds. The van der Waals surface area contributed by atoms with E-state index in [-0.39, 0.29) is 29.0 Å².